The number of hydrogen-bond acceptors (Lipinski definition) is 2. The van der Waals surface area contributed by atoms with Gasteiger partial charge >= 0.3 is 0 Å². The SMILES string of the molecule is C[Si](C)(C)C#Cc1ccc(C#Cc2ccc(C#Cc3ccc([N+](=O)[O-])cc3)cc2)cc1. The van der Waals surface area contributed by atoms with E-state index < -0.39 is 13.0 Å². The smallest absolute Gasteiger partial charge is 0.258 e. The van der Waals surface area contributed by atoms with Crippen LogP contribution in [-0.4, -0.2) is 13.0 Å². The van der Waals surface area contributed by atoms with E-state index >= 15 is 0 Å². The fourth-order valence-electron chi connectivity index (χ4n) is 2.49. The van der Waals surface area contributed by atoms with Crippen LogP contribution in [0.2, 0.25) is 19.6 Å². The first kappa shape index (κ1) is 21.7. The number of non-ortho nitro benzene ring substituents is 1. The lowest BCUT2D eigenvalue weighted by atomic mass is 10.1. The zero-order valence-corrected chi connectivity index (χ0v) is 18.7. The van der Waals surface area contributed by atoms with Gasteiger partial charge in [0.25, 0.3) is 5.69 Å². The molecule has 0 N–H and O–H groups in total. The summed E-state index contributed by atoms with van der Waals surface area (Å²) >= 11 is 0. The Balaban J connectivity index is 1.66. The summed E-state index contributed by atoms with van der Waals surface area (Å²) in [6, 6.07) is 21.9. The number of rotatable bonds is 1. The molecule has 0 unspecified atom stereocenters. The minimum absolute atomic E-state index is 0.0580. The molecule has 0 saturated carbocycles. The van der Waals surface area contributed by atoms with Crippen LogP contribution in [0.15, 0.2) is 72.8 Å². The molecular weight excluding hydrogens is 398 g/mol. The van der Waals surface area contributed by atoms with Gasteiger partial charge in [0.2, 0.25) is 0 Å². The van der Waals surface area contributed by atoms with Crippen LogP contribution in [0, 0.1) is 45.3 Å². The fraction of sp³-hybridized carbons (Fsp3) is 0.111. The van der Waals surface area contributed by atoms with Crippen molar-refractivity contribution in [3.05, 3.63) is 111 Å². The maximum absolute atomic E-state index is 10.7. The largest absolute Gasteiger partial charge is 0.269 e. The molecule has 0 atom stereocenters. The molecule has 0 aliphatic rings. The summed E-state index contributed by atoms with van der Waals surface area (Å²) in [6.45, 7) is 6.69. The maximum Gasteiger partial charge on any atom is 0.269 e. The van der Waals surface area contributed by atoms with Gasteiger partial charge in [-0.2, -0.15) is 0 Å². The van der Waals surface area contributed by atoms with Crippen molar-refractivity contribution in [2.24, 2.45) is 0 Å². The van der Waals surface area contributed by atoms with Gasteiger partial charge in [0.1, 0.15) is 8.07 Å². The first-order chi connectivity index (χ1) is 14.8. The van der Waals surface area contributed by atoms with Crippen molar-refractivity contribution in [1.82, 2.24) is 0 Å². The molecule has 31 heavy (non-hydrogen) atoms. The van der Waals surface area contributed by atoms with Crippen LogP contribution >= 0.6 is 0 Å². The minimum Gasteiger partial charge on any atom is -0.258 e. The Kier molecular flexibility index (Phi) is 6.73. The molecule has 0 aliphatic carbocycles. The van der Waals surface area contributed by atoms with E-state index in [-0.39, 0.29) is 5.69 Å². The van der Waals surface area contributed by atoms with Crippen molar-refractivity contribution in [2.45, 2.75) is 19.6 Å². The van der Waals surface area contributed by atoms with Crippen LogP contribution in [0.25, 0.3) is 0 Å². The second-order valence-corrected chi connectivity index (χ2v) is 12.7. The van der Waals surface area contributed by atoms with Gasteiger partial charge in [0.05, 0.1) is 4.92 Å². The van der Waals surface area contributed by atoms with Crippen molar-refractivity contribution in [1.29, 1.82) is 0 Å². The minimum atomic E-state index is -1.37. The van der Waals surface area contributed by atoms with Crippen LogP contribution < -0.4 is 0 Å². The summed E-state index contributed by atoms with van der Waals surface area (Å²) in [6.07, 6.45) is 0. The van der Waals surface area contributed by atoms with Gasteiger partial charge in [0.15, 0.2) is 0 Å². The van der Waals surface area contributed by atoms with Crippen molar-refractivity contribution in [3.63, 3.8) is 0 Å². The average Bonchev–Trinajstić information content (AvgIpc) is 2.76. The molecule has 0 fully saturated rings. The molecule has 0 saturated heterocycles. The van der Waals surface area contributed by atoms with Gasteiger partial charge in [-0.05, 0) is 60.7 Å². The van der Waals surface area contributed by atoms with E-state index in [0.717, 1.165) is 27.8 Å². The highest BCUT2D eigenvalue weighted by atomic mass is 28.3. The van der Waals surface area contributed by atoms with Gasteiger partial charge < -0.3 is 0 Å². The summed E-state index contributed by atoms with van der Waals surface area (Å²) in [5.41, 5.74) is 7.87. The molecule has 3 rings (SSSR count). The quantitative estimate of drug-likeness (QED) is 0.222. The third kappa shape index (κ3) is 7.05. The van der Waals surface area contributed by atoms with Gasteiger partial charge in [-0.3, -0.25) is 10.1 Å². The molecule has 3 aromatic rings. The molecule has 0 spiro atoms. The fourth-order valence-corrected chi connectivity index (χ4v) is 3.01. The van der Waals surface area contributed by atoms with Crippen molar-refractivity contribution in [3.8, 4) is 35.1 Å². The van der Waals surface area contributed by atoms with Crippen LogP contribution in [0.4, 0.5) is 5.69 Å². The molecule has 0 heterocycles. The summed E-state index contributed by atoms with van der Waals surface area (Å²) in [7, 11) is -1.37. The van der Waals surface area contributed by atoms with Crippen LogP contribution in [0.1, 0.15) is 27.8 Å². The van der Waals surface area contributed by atoms with Crippen molar-refractivity contribution < 1.29 is 4.92 Å². The molecule has 0 aliphatic heterocycles. The van der Waals surface area contributed by atoms with Gasteiger partial charge in [0, 0.05) is 39.9 Å². The average molecular weight is 420 g/mol. The third-order valence-electron chi connectivity index (χ3n) is 4.13. The lowest BCUT2D eigenvalue weighted by molar-refractivity contribution is -0.384. The second kappa shape index (κ2) is 9.64. The van der Waals surface area contributed by atoms with Crippen LogP contribution in [-0.2, 0) is 0 Å². The summed E-state index contributed by atoms with van der Waals surface area (Å²) in [5, 5.41) is 10.7. The predicted octanol–water partition coefficient (Wildman–Crippen LogP) is 5.62. The van der Waals surface area contributed by atoms with E-state index in [1.54, 1.807) is 12.1 Å². The zero-order chi connectivity index (χ0) is 22.3. The highest BCUT2D eigenvalue weighted by Gasteiger charge is 2.07. The van der Waals surface area contributed by atoms with E-state index in [4.69, 9.17) is 0 Å². The van der Waals surface area contributed by atoms with Crippen LogP contribution in [0.3, 0.4) is 0 Å². The molecule has 3 nitrogen and oxygen atoms in total. The number of nitro benzene ring substituents is 1. The summed E-state index contributed by atoms with van der Waals surface area (Å²) < 4.78 is 0. The molecule has 0 amide bonds. The molecule has 0 aromatic heterocycles. The Bertz CT molecular complexity index is 1260. The standard InChI is InChI=1S/C27H21NO2Si/c1-31(2,3)21-20-26-14-12-24(13-15-26)9-8-22-4-6-23(7-5-22)10-11-25-16-18-27(19-17-25)28(29)30/h4-7,12-19H,1-3H3. The first-order valence-corrected chi connectivity index (χ1v) is 13.3. The Morgan fingerprint density at radius 1 is 0.581 bits per heavy atom. The second-order valence-electron chi connectivity index (χ2n) is 7.96. The maximum atomic E-state index is 10.7. The number of benzene rings is 3. The number of hydrogen-bond donors (Lipinski definition) is 0. The summed E-state index contributed by atoms with van der Waals surface area (Å²) in [4.78, 5) is 10.3. The molecule has 3 aromatic carbocycles. The third-order valence-corrected chi connectivity index (χ3v) is 5.01. The lowest BCUT2D eigenvalue weighted by Crippen LogP contribution is -2.16. The Hall–Kier alpha value is -4.04. The first-order valence-electron chi connectivity index (χ1n) is 9.80. The topological polar surface area (TPSA) is 43.1 Å². The van der Waals surface area contributed by atoms with E-state index in [1.165, 1.54) is 12.1 Å². The Morgan fingerprint density at radius 3 is 1.16 bits per heavy atom. The molecule has 0 bridgehead atoms. The van der Waals surface area contributed by atoms with Gasteiger partial charge in [-0.1, -0.05) is 49.2 Å². The highest BCUT2D eigenvalue weighted by Crippen LogP contribution is 2.11. The highest BCUT2D eigenvalue weighted by molar-refractivity contribution is 6.83. The van der Waals surface area contributed by atoms with E-state index in [9.17, 15) is 10.1 Å². The molecule has 4 heteroatoms. The van der Waals surface area contributed by atoms with E-state index in [0.29, 0.717) is 0 Å². The predicted molar refractivity (Wildman–Crippen MR) is 128 cm³/mol. The van der Waals surface area contributed by atoms with Crippen LogP contribution in [0.5, 0.6) is 0 Å². The van der Waals surface area contributed by atoms with Gasteiger partial charge in [-0.15, -0.1) is 5.54 Å². The van der Waals surface area contributed by atoms with Crippen molar-refractivity contribution >= 4 is 13.8 Å². The monoisotopic (exact) mass is 419 g/mol. The lowest BCUT2D eigenvalue weighted by Gasteiger charge is -2.03. The summed E-state index contributed by atoms with van der Waals surface area (Å²) in [5.74, 6) is 15.7. The Morgan fingerprint density at radius 2 is 0.871 bits per heavy atom. The van der Waals surface area contributed by atoms with E-state index in [2.05, 4.69) is 54.8 Å². The zero-order valence-electron chi connectivity index (χ0n) is 17.7. The normalized spacial score (nSPS) is 9.90. The van der Waals surface area contributed by atoms with E-state index in [1.807, 2.05) is 48.5 Å². The molecule has 150 valence electrons. The van der Waals surface area contributed by atoms with Crippen molar-refractivity contribution in [2.75, 3.05) is 0 Å². The number of nitro groups is 1. The Labute approximate surface area is 184 Å². The number of nitrogens with zero attached hydrogens (tertiary/aromatic N) is 1. The van der Waals surface area contributed by atoms with Gasteiger partial charge in [-0.25, -0.2) is 0 Å². The molecule has 0 radical (unpaired) electrons. The molecular formula is C27H21NO2Si.